The van der Waals surface area contributed by atoms with Crippen LogP contribution in [0.25, 0.3) is 0 Å². The highest BCUT2D eigenvalue weighted by molar-refractivity contribution is 6.29. The first kappa shape index (κ1) is 12.8. The van der Waals surface area contributed by atoms with Gasteiger partial charge in [-0.1, -0.05) is 11.6 Å². The Morgan fingerprint density at radius 3 is 2.53 bits per heavy atom. The predicted molar refractivity (Wildman–Crippen MR) is 72.1 cm³/mol. The van der Waals surface area contributed by atoms with E-state index in [-0.39, 0.29) is 5.91 Å². The molecular weight excluding hydrogens is 264 g/mol. The number of hydrogen-bond donors (Lipinski definition) is 0. The molecule has 1 saturated carbocycles. The number of carbonyl (C=O) groups excluding carboxylic acids is 1. The van der Waals surface area contributed by atoms with Crippen LogP contribution in [0.1, 0.15) is 23.3 Å². The van der Waals surface area contributed by atoms with E-state index in [9.17, 15) is 4.79 Å². The third-order valence-electron chi connectivity index (χ3n) is 3.72. The molecule has 0 aromatic carbocycles. The van der Waals surface area contributed by atoms with Crippen molar-refractivity contribution < 1.29 is 4.79 Å². The lowest BCUT2D eigenvalue weighted by atomic mass is 10.2. The Kier molecular flexibility index (Phi) is 3.66. The van der Waals surface area contributed by atoms with Crippen molar-refractivity contribution in [2.45, 2.75) is 12.8 Å². The highest BCUT2D eigenvalue weighted by Gasteiger charge is 2.28. The number of carbonyl (C=O) groups is 1. The number of hydrogen-bond acceptors (Lipinski definition) is 4. The summed E-state index contributed by atoms with van der Waals surface area (Å²) >= 11 is 5.67. The average molecular weight is 281 g/mol. The van der Waals surface area contributed by atoms with Crippen molar-refractivity contribution in [2.75, 3.05) is 32.7 Å². The SMILES string of the molecule is O=C(c1ccc(Cl)nn1)N1CCN(CC2CC2)CC1. The van der Waals surface area contributed by atoms with E-state index in [1.165, 1.54) is 19.4 Å². The molecule has 1 aromatic rings. The largest absolute Gasteiger partial charge is 0.335 e. The van der Waals surface area contributed by atoms with E-state index in [2.05, 4.69) is 15.1 Å². The van der Waals surface area contributed by atoms with Gasteiger partial charge in [-0.2, -0.15) is 0 Å². The molecule has 0 bridgehead atoms. The van der Waals surface area contributed by atoms with Gasteiger partial charge in [0, 0.05) is 32.7 Å². The Morgan fingerprint density at radius 2 is 1.95 bits per heavy atom. The Hall–Kier alpha value is -1.20. The fraction of sp³-hybridized carbons (Fsp3) is 0.615. The molecular formula is C13H17ClN4O. The second-order valence-electron chi connectivity index (χ2n) is 5.28. The topological polar surface area (TPSA) is 49.3 Å². The Labute approximate surface area is 117 Å². The highest BCUT2D eigenvalue weighted by Crippen LogP contribution is 2.29. The van der Waals surface area contributed by atoms with Gasteiger partial charge >= 0.3 is 0 Å². The zero-order valence-corrected chi connectivity index (χ0v) is 11.5. The lowest BCUT2D eigenvalue weighted by Gasteiger charge is -2.34. The number of rotatable bonds is 3. The van der Waals surface area contributed by atoms with Crippen molar-refractivity contribution in [3.8, 4) is 0 Å². The van der Waals surface area contributed by atoms with Crippen molar-refractivity contribution in [1.29, 1.82) is 0 Å². The first-order chi connectivity index (χ1) is 9.22. The van der Waals surface area contributed by atoms with Gasteiger partial charge in [0.2, 0.25) is 0 Å². The molecule has 0 spiro atoms. The number of halogens is 1. The monoisotopic (exact) mass is 280 g/mol. The summed E-state index contributed by atoms with van der Waals surface area (Å²) in [6.07, 6.45) is 2.75. The van der Waals surface area contributed by atoms with Crippen molar-refractivity contribution in [3.05, 3.63) is 23.0 Å². The zero-order chi connectivity index (χ0) is 13.2. The Balaban J connectivity index is 1.55. The standard InChI is InChI=1S/C13H17ClN4O/c14-12-4-3-11(15-16-12)13(19)18-7-5-17(6-8-18)9-10-1-2-10/h3-4,10H,1-2,5-9H2. The summed E-state index contributed by atoms with van der Waals surface area (Å²) in [4.78, 5) is 16.5. The first-order valence-electron chi connectivity index (χ1n) is 6.73. The summed E-state index contributed by atoms with van der Waals surface area (Å²) in [5.41, 5.74) is 0.375. The van der Waals surface area contributed by atoms with Crippen LogP contribution in [0.2, 0.25) is 5.15 Å². The third-order valence-corrected chi connectivity index (χ3v) is 3.93. The normalized spacial score (nSPS) is 20.6. The Bertz CT molecular complexity index is 452. The molecule has 6 heteroatoms. The molecule has 102 valence electrons. The van der Waals surface area contributed by atoms with Crippen molar-refractivity contribution in [2.24, 2.45) is 5.92 Å². The minimum Gasteiger partial charge on any atom is -0.335 e. The Morgan fingerprint density at radius 1 is 1.21 bits per heavy atom. The second kappa shape index (κ2) is 5.43. The minimum atomic E-state index is -0.0461. The molecule has 5 nitrogen and oxygen atoms in total. The fourth-order valence-electron chi connectivity index (χ4n) is 2.39. The molecule has 19 heavy (non-hydrogen) atoms. The van der Waals surface area contributed by atoms with Crippen LogP contribution in [-0.2, 0) is 0 Å². The molecule has 0 N–H and O–H groups in total. The van der Waals surface area contributed by atoms with Crippen LogP contribution in [0, 0.1) is 5.92 Å². The highest BCUT2D eigenvalue weighted by atomic mass is 35.5. The van der Waals surface area contributed by atoms with Crippen LogP contribution in [0.15, 0.2) is 12.1 Å². The van der Waals surface area contributed by atoms with Gasteiger partial charge in [-0.05, 0) is 30.9 Å². The smallest absolute Gasteiger partial charge is 0.274 e. The van der Waals surface area contributed by atoms with E-state index in [0.717, 1.165) is 32.1 Å². The van der Waals surface area contributed by atoms with Crippen molar-refractivity contribution in [1.82, 2.24) is 20.0 Å². The lowest BCUT2D eigenvalue weighted by Crippen LogP contribution is -2.49. The summed E-state index contributed by atoms with van der Waals surface area (Å²) < 4.78 is 0. The van der Waals surface area contributed by atoms with E-state index < -0.39 is 0 Å². The van der Waals surface area contributed by atoms with E-state index in [4.69, 9.17) is 11.6 Å². The molecule has 0 atom stereocenters. The van der Waals surface area contributed by atoms with Gasteiger partial charge in [-0.25, -0.2) is 0 Å². The molecule has 1 amide bonds. The lowest BCUT2D eigenvalue weighted by molar-refractivity contribution is 0.0625. The summed E-state index contributed by atoms with van der Waals surface area (Å²) in [5.74, 6) is 0.861. The minimum absolute atomic E-state index is 0.0461. The van der Waals surface area contributed by atoms with Gasteiger partial charge in [0.25, 0.3) is 5.91 Å². The number of amides is 1. The van der Waals surface area contributed by atoms with E-state index in [1.807, 2.05) is 4.90 Å². The molecule has 3 rings (SSSR count). The van der Waals surface area contributed by atoms with Gasteiger partial charge in [-0.15, -0.1) is 10.2 Å². The van der Waals surface area contributed by atoms with Crippen LogP contribution >= 0.6 is 11.6 Å². The van der Waals surface area contributed by atoms with Crippen LogP contribution in [0.4, 0.5) is 0 Å². The number of piperazine rings is 1. The van der Waals surface area contributed by atoms with Gasteiger partial charge in [0.15, 0.2) is 10.8 Å². The molecule has 1 saturated heterocycles. The average Bonchev–Trinajstić information content (AvgIpc) is 3.24. The summed E-state index contributed by atoms with van der Waals surface area (Å²) in [6, 6.07) is 3.24. The van der Waals surface area contributed by atoms with Gasteiger partial charge in [0.1, 0.15) is 0 Å². The quantitative estimate of drug-likeness (QED) is 0.837. The summed E-state index contributed by atoms with van der Waals surface area (Å²) in [5, 5.41) is 7.87. The van der Waals surface area contributed by atoms with Crippen LogP contribution in [-0.4, -0.2) is 58.6 Å². The van der Waals surface area contributed by atoms with Crippen LogP contribution in [0.3, 0.4) is 0 Å². The molecule has 2 fully saturated rings. The summed E-state index contributed by atoms with van der Waals surface area (Å²) in [7, 11) is 0. The maximum Gasteiger partial charge on any atom is 0.274 e. The number of nitrogens with zero attached hydrogens (tertiary/aromatic N) is 4. The number of aromatic nitrogens is 2. The van der Waals surface area contributed by atoms with Gasteiger partial charge in [-0.3, -0.25) is 9.69 Å². The molecule has 0 unspecified atom stereocenters. The predicted octanol–water partition coefficient (Wildman–Crippen LogP) is 1.30. The van der Waals surface area contributed by atoms with E-state index in [0.29, 0.717) is 10.8 Å². The summed E-state index contributed by atoms with van der Waals surface area (Å²) in [6.45, 7) is 4.67. The van der Waals surface area contributed by atoms with Crippen LogP contribution in [0.5, 0.6) is 0 Å². The second-order valence-corrected chi connectivity index (χ2v) is 5.66. The molecule has 2 aliphatic rings. The molecule has 0 radical (unpaired) electrons. The van der Waals surface area contributed by atoms with Crippen molar-refractivity contribution >= 4 is 17.5 Å². The van der Waals surface area contributed by atoms with Gasteiger partial charge in [0.05, 0.1) is 0 Å². The molecule has 2 heterocycles. The molecule has 1 aromatic heterocycles. The van der Waals surface area contributed by atoms with Crippen LogP contribution < -0.4 is 0 Å². The van der Waals surface area contributed by atoms with E-state index >= 15 is 0 Å². The first-order valence-corrected chi connectivity index (χ1v) is 7.11. The van der Waals surface area contributed by atoms with E-state index in [1.54, 1.807) is 12.1 Å². The third kappa shape index (κ3) is 3.22. The maximum atomic E-state index is 12.2. The molecule has 1 aliphatic heterocycles. The maximum absolute atomic E-state index is 12.2. The van der Waals surface area contributed by atoms with Crippen molar-refractivity contribution in [3.63, 3.8) is 0 Å². The zero-order valence-electron chi connectivity index (χ0n) is 10.8. The molecule has 1 aliphatic carbocycles. The fourth-order valence-corrected chi connectivity index (χ4v) is 2.49. The van der Waals surface area contributed by atoms with Gasteiger partial charge < -0.3 is 4.90 Å².